The fourth-order valence-electron chi connectivity index (χ4n) is 4.99. The van der Waals surface area contributed by atoms with Crippen molar-refractivity contribution in [2.24, 2.45) is 0 Å². The topological polar surface area (TPSA) is 72.8 Å². The van der Waals surface area contributed by atoms with Crippen molar-refractivity contribution in [1.82, 2.24) is 14.8 Å². The number of amides is 2. The summed E-state index contributed by atoms with van der Waals surface area (Å²) in [6, 6.07) is 25.2. The Morgan fingerprint density at radius 2 is 1.73 bits per heavy atom. The number of hydrogen-bond donors (Lipinski definition) is 1. The van der Waals surface area contributed by atoms with Gasteiger partial charge in [-0.05, 0) is 49.2 Å². The lowest BCUT2D eigenvalue weighted by molar-refractivity contribution is -0.133. The van der Waals surface area contributed by atoms with Gasteiger partial charge in [0.25, 0.3) is 5.91 Å². The largest absolute Gasteiger partial charge is 0.493 e. The van der Waals surface area contributed by atoms with E-state index in [1.165, 1.54) is 0 Å². The number of fused-ring (bicyclic) bond motifs is 3. The second-order valence-corrected chi connectivity index (χ2v) is 9.43. The summed E-state index contributed by atoms with van der Waals surface area (Å²) in [5.41, 5.74) is 2.24. The zero-order chi connectivity index (χ0) is 26.0. The van der Waals surface area contributed by atoms with Gasteiger partial charge in [-0.15, -0.1) is 0 Å². The molecule has 2 amide bonds. The van der Waals surface area contributed by atoms with Crippen LogP contribution in [0, 0.1) is 0 Å². The van der Waals surface area contributed by atoms with Crippen molar-refractivity contribution >= 4 is 22.7 Å². The number of aromatic nitrogens is 1. The first-order valence-corrected chi connectivity index (χ1v) is 12.5. The maximum Gasteiger partial charge on any atom is 0.271 e. The summed E-state index contributed by atoms with van der Waals surface area (Å²) in [6.07, 6.45) is 0. The monoisotopic (exact) mass is 497 g/mol. The van der Waals surface area contributed by atoms with Gasteiger partial charge in [-0.25, -0.2) is 0 Å². The molecule has 1 aromatic heterocycles. The molecule has 190 valence electrons. The van der Waals surface area contributed by atoms with E-state index in [9.17, 15) is 9.59 Å². The Kier molecular flexibility index (Phi) is 6.61. The van der Waals surface area contributed by atoms with Crippen molar-refractivity contribution in [2.75, 3.05) is 13.7 Å². The summed E-state index contributed by atoms with van der Waals surface area (Å²) >= 11 is 0. The van der Waals surface area contributed by atoms with Gasteiger partial charge in [-0.1, -0.05) is 54.6 Å². The zero-order valence-electron chi connectivity index (χ0n) is 21.4. The van der Waals surface area contributed by atoms with Crippen LogP contribution in [-0.4, -0.2) is 40.5 Å². The number of para-hydroxylation sites is 1. The molecule has 7 nitrogen and oxygen atoms in total. The molecule has 0 spiro atoms. The molecule has 1 aliphatic heterocycles. The van der Waals surface area contributed by atoms with Crippen LogP contribution in [0.2, 0.25) is 0 Å². The summed E-state index contributed by atoms with van der Waals surface area (Å²) in [5.74, 6) is 0.842. The van der Waals surface area contributed by atoms with Crippen LogP contribution in [0.15, 0.2) is 78.9 Å². The molecule has 0 fully saturated rings. The van der Waals surface area contributed by atoms with E-state index in [4.69, 9.17) is 9.47 Å². The maximum absolute atomic E-state index is 14.0. The quantitative estimate of drug-likeness (QED) is 0.380. The predicted octanol–water partition coefficient (Wildman–Crippen LogP) is 4.78. The van der Waals surface area contributed by atoms with Crippen LogP contribution in [-0.2, 0) is 24.4 Å². The first-order chi connectivity index (χ1) is 17.9. The van der Waals surface area contributed by atoms with Crippen molar-refractivity contribution in [3.63, 3.8) is 0 Å². The SMILES string of the molecule is CCOc1ccc(CN2C(=O)c3cc4ccccc4n3C[C@@]2(C)C(=O)NCc2ccccc2)cc1OC. The van der Waals surface area contributed by atoms with Gasteiger partial charge < -0.3 is 24.3 Å². The molecule has 2 heterocycles. The van der Waals surface area contributed by atoms with Gasteiger partial charge in [0.05, 0.1) is 20.3 Å². The second-order valence-electron chi connectivity index (χ2n) is 9.43. The van der Waals surface area contributed by atoms with E-state index < -0.39 is 5.54 Å². The second kappa shape index (κ2) is 10.0. The van der Waals surface area contributed by atoms with Gasteiger partial charge in [0.15, 0.2) is 11.5 Å². The van der Waals surface area contributed by atoms with Crippen molar-refractivity contribution in [3.05, 3.63) is 95.7 Å². The first kappa shape index (κ1) is 24.4. The highest BCUT2D eigenvalue weighted by Crippen LogP contribution is 2.35. The molecule has 7 heteroatoms. The minimum absolute atomic E-state index is 0.187. The van der Waals surface area contributed by atoms with Gasteiger partial charge in [0.2, 0.25) is 5.91 Å². The average molecular weight is 498 g/mol. The van der Waals surface area contributed by atoms with Crippen LogP contribution in [0.3, 0.4) is 0 Å². The minimum Gasteiger partial charge on any atom is -0.493 e. The summed E-state index contributed by atoms with van der Waals surface area (Å²) in [7, 11) is 1.59. The van der Waals surface area contributed by atoms with Crippen molar-refractivity contribution < 1.29 is 19.1 Å². The molecule has 0 radical (unpaired) electrons. The number of nitrogens with zero attached hydrogens (tertiary/aromatic N) is 2. The molecule has 3 aromatic carbocycles. The summed E-state index contributed by atoms with van der Waals surface area (Å²) < 4.78 is 13.1. The molecule has 0 saturated heterocycles. The maximum atomic E-state index is 14.0. The number of hydrogen-bond acceptors (Lipinski definition) is 4. The smallest absolute Gasteiger partial charge is 0.271 e. The number of rotatable bonds is 8. The Morgan fingerprint density at radius 3 is 2.49 bits per heavy atom. The highest BCUT2D eigenvalue weighted by Gasteiger charge is 2.47. The molecule has 0 aliphatic carbocycles. The van der Waals surface area contributed by atoms with E-state index in [1.807, 2.05) is 97.3 Å². The number of carbonyl (C=O) groups excluding carboxylic acids is 2. The standard InChI is InChI=1S/C30H31N3O4/c1-4-37-26-15-14-22(16-27(26)36-3)19-33-28(34)25-17-23-12-8-9-13-24(23)32(25)20-30(33,2)29(35)31-18-21-10-6-5-7-11-21/h5-17H,4,18-20H2,1-3H3,(H,31,35)/t30-/m0/s1. The number of methoxy groups -OCH3 is 1. The molecule has 4 aromatic rings. The highest BCUT2D eigenvalue weighted by atomic mass is 16.5. The molecule has 1 aliphatic rings. The third-order valence-electron chi connectivity index (χ3n) is 6.99. The zero-order valence-corrected chi connectivity index (χ0v) is 21.4. The van der Waals surface area contributed by atoms with E-state index in [0.717, 1.165) is 22.0 Å². The van der Waals surface area contributed by atoms with Crippen LogP contribution < -0.4 is 14.8 Å². The number of carbonyl (C=O) groups is 2. The predicted molar refractivity (Wildman–Crippen MR) is 143 cm³/mol. The molecule has 37 heavy (non-hydrogen) atoms. The van der Waals surface area contributed by atoms with Gasteiger partial charge in [-0.3, -0.25) is 9.59 Å². The lowest BCUT2D eigenvalue weighted by atomic mass is 9.93. The third-order valence-corrected chi connectivity index (χ3v) is 6.99. The molecule has 0 saturated carbocycles. The van der Waals surface area contributed by atoms with E-state index in [2.05, 4.69) is 5.32 Å². The first-order valence-electron chi connectivity index (χ1n) is 12.5. The molecular weight excluding hydrogens is 466 g/mol. The molecule has 1 N–H and O–H groups in total. The van der Waals surface area contributed by atoms with Crippen LogP contribution in [0.25, 0.3) is 10.9 Å². The van der Waals surface area contributed by atoms with Crippen LogP contribution >= 0.6 is 0 Å². The fourth-order valence-corrected chi connectivity index (χ4v) is 4.99. The number of ether oxygens (including phenoxy) is 2. The number of benzene rings is 3. The molecule has 5 rings (SSSR count). The van der Waals surface area contributed by atoms with Crippen LogP contribution in [0.4, 0.5) is 0 Å². The summed E-state index contributed by atoms with van der Waals surface area (Å²) in [5, 5.41) is 4.05. The highest BCUT2D eigenvalue weighted by molar-refractivity contribution is 6.03. The fraction of sp³-hybridized carbons (Fsp3) is 0.267. The lowest BCUT2D eigenvalue weighted by Crippen LogP contribution is -2.63. The normalized spacial score (nSPS) is 16.9. The Labute approximate surface area is 216 Å². The van der Waals surface area contributed by atoms with E-state index in [1.54, 1.807) is 12.0 Å². The molecular formula is C30H31N3O4. The Bertz CT molecular complexity index is 1450. The van der Waals surface area contributed by atoms with Gasteiger partial charge in [0, 0.05) is 24.0 Å². The molecule has 0 unspecified atom stereocenters. The van der Waals surface area contributed by atoms with E-state index in [-0.39, 0.29) is 18.4 Å². The van der Waals surface area contributed by atoms with Crippen molar-refractivity contribution in [3.8, 4) is 11.5 Å². The average Bonchev–Trinajstić information content (AvgIpc) is 3.29. The van der Waals surface area contributed by atoms with Crippen LogP contribution in [0.5, 0.6) is 11.5 Å². The molecule has 1 atom stereocenters. The van der Waals surface area contributed by atoms with Gasteiger partial charge in [0.1, 0.15) is 11.2 Å². The van der Waals surface area contributed by atoms with Gasteiger partial charge in [-0.2, -0.15) is 0 Å². The Morgan fingerprint density at radius 1 is 0.973 bits per heavy atom. The van der Waals surface area contributed by atoms with Crippen LogP contribution in [0.1, 0.15) is 35.5 Å². The van der Waals surface area contributed by atoms with Crippen molar-refractivity contribution in [1.29, 1.82) is 0 Å². The lowest BCUT2D eigenvalue weighted by Gasteiger charge is -2.44. The van der Waals surface area contributed by atoms with E-state index >= 15 is 0 Å². The molecule has 0 bridgehead atoms. The minimum atomic E-state index is -1.12. The summed E-state index contributed by atoms with van der Waals surface area (Å²) in [4.78, 5) is 29.5. The van der Waals surface area contributed by atoms with Crippen molar-refractivity contribution in [2.45, 2.75) is 39.0 Å². The number of nitrogens with one attached hydrogen (secondary N) is 1. The Hall–Kier alpha value is -4.26. The third kappa shape index (κ3) is 4.53. The van der Waals surface area contributed by atoms with E-state index in [0.29, 0.717) is 36.9 Å². The Balaban J connectivity index is 1.52. The summed E-state index contributed by atoms with van der Waals surface area (Å²) in [6.45, 7) is 5.25. The van der Waals surface area contributed by atoms with Gasteiger partial charge >= 0.3 is 0 Å².